The van der Waals surface area contributed by atoms with Gasteiger partial charge in [-0.2, -0.15) is 0 Å². The first-order valence-corrected chi connectivity index (χ1v) is 15.1. The van der Waals surface area contributed by atoms with Crippen molar-refractivity contribution in [2.45, 2.75) is 37.7 Å². The Hall–Kier alpha value is -4.77. The van der Waals surface area contributed by atoms with Crippen LogP contribution < -0.4 is 18.9 Å². The van der Waals surface area contributed by atoms with Crippen molar-refractivity contribution in [3.05, 3.63) is 125 Å². The Morgan fingerprint density at radius 3 is 1.95 bits per heavy atom. The van der Waals surface area contributed by atoms with Gasteiger partial charge in [-0.1, -0.05) is 68.5 Å². The van der Waals surface area contributed by atoms with E-state index >= 15 is 0 Å². The third kappa shape index (κ3) is 3.81. The largest absolute Gasteiger partial charge is 0.497 e. The fraction of sp³-hybridized carbons (Fsp3) is 0.231. The summed E-state index contributed by atoms with van der Waals surface area (Å²) in [5, 5.41) is 1.98. The van der Waals surface area contributed by atoms with Crippen molar-refractivity contribution in [2.75, 3.05) is 21.3 Å². The Labute approximate surface area is 257 Å². The topological polar surface area (TPSA) is 36.9 Å². The predicted octanol–water partition coefficient (Wildman–Crippen LogP) is 9.44. The Morgan fingerprint density at radius 1 is 0.727 bits per heavy atom. The first kappa shape index (κ1) is 28.0. The molecule has 0 saturated carbocycles. The van der Waals surface area contributed by atoms with Crippen molar-refractivity contribution in [3.8, 4) is 34.1 Å². The van der Waals surface area contributed by atoms with Crippen LogP contribution in [0, 0.1) is 5.82 Å². The van der Waals surface area contributed by atoms with Gasteiger partial charge in [-0.05, 0) is 83.0 Å². The number of ether oxygens (including phenoxy) is 4. The monoisotopic (exact) mass is 586 g/mol. The van der Waals surface area contributed by atoms with E-state index in [1.54, 1.807) is 33.5 Å². The molecule has 5 heteroatoms. The maximum Gasteiger partial charge on any atom is 0.178 e. The molecule has 4 nitrogen and oxygen atoms in total. The van der Waals surface area contributed by atoms with Gasteiger partial charge >= 0.3 is 0 Å². The van der Waals surface area contributed by atoms with E-state index in [-0.39, 0.29) is 11.2 Å². The zero-order chi connectivity index (χ0) is 30.6. The van der Waals surface area contributed by atoms with Crippen LogP contribution in [0.25, 0.3) is 28.0 Å². The molecule has 1 heterocycles. The summed E-state index contributed by atoms with van der Waals surface area (Å²) in [5.74, 6) is 2.50. The Kier molecular flexibility index (Phi) is 6.65. The zero-order valence-electron chi connectivity index (χ0n) is 25.7. The van der Waals surface area contributed by atoms with Crippen LogP contribution in [0.2, 0.25) is 0 Å². The van der Waals surface area contributed by atoms with Gasteiger partial charge in [0.1, 0.15) is 17.3 Å². The van der Waals surface area contributed by atoms with Gasteiger partial charge in [0.25, 0.3) is 0 Å². The van der Waals surface area contributed by atoms with Gasteiger partial charge in [0.2, 0.25) is 0 Å². The van der Waals surface area contributed by atoms with Crippen molar-refractivity contribution in [2.24, 2.45) is 0 Å². The number of halogens is 1. The molecule has 1 unspecified atom stereocenters. The molecule has 2 aliphatic rings. The maximum atomic E-state index is 14.2. The van der Waals surface area contributed by atoms with Crippen molar-refractivity contribution in [3.63, 3.8) is 0 Å². The normalized spacial score (nSPS) is 17.4. The molecule has 7 rings (SSSR count). The highest BCUT2D eigenvalue weighted by Gasteiger charge is 2.47. The van der Waals surface area contributed by atoms with E-state index in [0.29, 0.717) is 11.5 Å². The molecule has 1 aliphatic heterocycles. The number of hydrogen-bond donors (Lipinski definition) is 0. The van der Waals surface area contributed by atoms with E-state index in [1.807, 2.05) is 30.3 Å². The molecule has 0 bridgehead atoms. The van der Waals surface area contributed by atoms with Gasteiger partial charge in [0, 0.05) is 27.5 Å². The highest BCUT2D eigenvalue weighted by molar-refractivity contribution is 6.09. The van der Waals surface area contributed by atoms with Gasteiger partial charge in [-0.3, -0.25) is 0 Å². The van der Waals surface area contributed by atoms with Gasteiger partial charge < -0.3 is 18.9 Å². The Balaban J connectivity index is 1.60. The molecule has 0 spiro atoms. The summed E-state index contributed by atoms with van der Waals surface area (Å²) in [4.78, 5) is 0. The average molecular weight is 587 g/mol. The van der Waals surface area contributed by atoms with Gasteiger partial charge in [0.15, 0.2) is 17.1 Å². The molecule has 0 amide bonds. The van der Waals surface area contributed by atoms with Crippen LogP contribution in [-0.2, 0) is 11.0 Å². The zero-order valence-corrected chi connectivity index (χ0v) is 25.7. The minimum Gasteiger partial charge on any atom is -0.497 e. The van der Waals surface area contributed by atoms with Gasteiger partial charge in [-0.25, -0.2) is 4.39 Å². The second-order valence-electron chi connectivity index (χ2n) is 11.5. The molecule has 5 aromatic rings. The summed E-state index contributed by atoms with van der Waals surface area (Å²) in [6.45, 7) is 4.54. The van der Waals surface area contributed by atoms with E-state index in [1.165, 1.54) is 34.4 Å². The first-order chi connectivity index (χ1) is 21.4. The predicted molar refractivity (Wildman–Crippen MR) is 174 cm³/mol. The van der Waals surface area contributed by atoms with Crippen LogP contribution in [0.15, 0.2) is 91.0 Å². The molecular weight excluding hydrogens is 551 g/mol. The number of methoxy groups -OCH3 is 3. The SMILES string of the molecule is CCC1(CC)c2ccccc2-c2c1c1c(c3cc(OC)c(OC)cc23)OC(c2ccc(F)cc2)(c2ccc(OC)cc2)C=C1. The van der Waals surface area contributed by atoms with E-state index in [2.05, 4.69) is 56.3 Å². The van der Waals surface area contributed by atoms with E-state index < -0.39 is 5.60 Å². The highest BCUT2D eigenvalue weighted by atomic mass is 19.1. The van der Waals surface area contributed by atoms with Gasteiger partial charge in [0.05, 0.1) is 21.3 Å². The summed E-state index contributed by atoms with van der Waals surface area (Å²) < 4.78 is 38.7. The number of hydrogen-bond acceptors (Lipinski definition) is 4. The van der Waals surface area contributed by atoms with E-state index in [9.17, 15) is 4.39 Å². The lowest BCUT2D eigenvalue weighted by atomic mass is 9.71. The van der Waals surface area contributed by atoms with Crippen molar-refractivity contribution in [1.29, 1.82) is 0 Å². The summed E-state index contributed by atoms with van der Waals surface area (Å²) in [7, 11) is 4.97. The molecule has 44 heavy (non-hydrogen) atoms. The fourth-order valence-electron chi connectivity index (χ4n) is 7.49. The number of rotatable bonds is 7. The van der Waals surface area contributed by atoms with Crippen LogP contribution >= 0.6 is 0 Å². The molecule has 0 fully saturated rings. The van der Waals surface area contributed by atoms with Crippen LogP contribution in [0.4, 0.5) is 4.39 Å². The quantitative estimate of drug-likeness (QED) is 0.190. The first-order valence-electron chi connectivity index (χ1n) is 15.1. The van der Waals surface area contributed by atoms with Gasteiger partial charge in [-0.15, -0.1) is 0 Å². The molecule has 0 saturated heterocycles. The summed E-state index contributed by atoms with van der Waals surface area (Å²) in [6, 6.07) is 27.3. The minimum absolute atomic E-state index is 0.193. The second kappa shape index (κ2) is 10.4. The van der Waals surface area contributed by atoms with Crippen molar-refractivity contribution in [1.82, 2.24) is 0 Å². The lowest BCUT2D eigenvalue weighted by Crippen LogP contribution is -2.35. The molecule has 0 aromatic heterocycles. The third-order valence-corrected chi connectivity index (χ3v) is 9.74. The highest BCUT2D eigenvalue weighted by Crippen LogP contribution is 2.61. The molecule has 0 radical (unpaired) electrons. The molecular formula is C39H35FO4. The average Bonchev–Trinajstić information content (AvgIpc) is 3.38. The summed E-state index contributed by atoms with van der Waals surface area (Å²) in [6.07, 6.45) is 6.21. The molecule has 222 valence electrons. The van der Waals surface area contributed by atoms with E-state index in [4.69, 9.17) is 18.9 Å². The lowest BCUT2D eigenvalue weighted by molar-refractivity contribution is 0.163. The molecule has 0 N–H and O–H groups in total. The van der Waals surface area contributed by atoms with Crippen molar-refractivity contribution >= 4 is 16.8 Å². The number of fused-ring (bicyclic) bond motifs is 8. The second-order valence-corrected chi connectivity index (χ2v) is 11.5. The Morgan fingerprint density at radius 2 is 1.34 bits per heavy atom. The fourth-order valence-corrected chi connectivity index (χ4v) is 7.49. The molecule has 1 atom stereocenters. The van der Waals surface area contributed by atoms with Crippen LogP contribution in [-0.4, -0.2) is 21.3 Å². The van der Waals surface area contributed by atoms with E-state index in [0.717, 1.165) is 51.8 Å². The lowest BCUT2D eigenvalue weighted by Gasteiger charge is -2.39. The van der Waals surface area contributed by atoms with Crippen LogP contribution in [0.3, 0.4) is 0 Å². The summed E-state index contributed by atoms with van der Waals surface area (Å²) in [5.41, 5.74) is 6.64. The standard InChI is InChI=1S/C39H35FO4/c1-6-38(7-2)32-11-9-8-10-28(32)35-30-22-33(42-4)34(43-5)23-31(30)37-29(36(35)38)20-21-39(44-37,24-12-16-26(40)17-13-24)25-14-18-27(41-3)19-15-25/h8-23H,6-7H2,1-5H3. The summed E-state index contributed by atoms with van der Waals surface area (Å²) >= 11 is 0. The molecule has 1 aliphatic carbocycles. The van der Waals surface area contributed by atoms with Crippen LogP contribution in [0.1, 0.15) is 54.5 Å². The smallest absolute Gasteiger partial charge is 0.178 e. The van der Waals surface area contributed by atoms with Crippen LogP contribution in [0.5, 0.6) is 23.0 Å². The number of benzene rings is 5. The molecule has 5 aromatic carbocycles. The maximum absolute atomic E-state index is 14.2. The Bertz CT molecular complexity index is 1920. The third-order valence-electron chi connectivity index (χ3n) is 9.74. The van der Waals surface area contributed by atoms with Crippen molar-refractivity contribution < 1.29 is 23.3 Å². The minimum atomic E-state index is -1.02.